The Morgan fingerprint density at radius 1 is 1.20 bits per heavy atom. The van der Waals surface area contributed by atoms with Crippen LogP contribution >= 0.6 is 23.4 Å². The second-order valence-electron chi connectivity index (χ2n) is 6.61. The van der Waals surface area contributed by atoms with Gasteiger partial charge < -0.3 is 4.90 Å². The standard InChI is InChI=1S/C18H25ClN4OS/c1-11(2)23(12(3)4)17(24)14(6)25-18-21-20-10-22(18)15-8-7-13(5)16(19)9-15/h7-12,14H,1-6H3/t14-/m0/s1. The van der Waals surface area contributed by atoms with Gasteiger partial charge in [0.25, 0.3) is 0 Å². The fraction of sp³-hybridized carbons (Fsp3) is 0.500. The number of rotatable bonds is 6. The van der Waals surface area contributed by atoms with Gasteiger partial charge >= 0.3 is 0 Å². The van der Waals surface area contributed by atoms with Crippen molar-refractivity contribution >= 4 is 29.3 Å². The molecule has 1 atom stereocenters. The number of hydrogen-bond acceptors (Lipinski definition) is 4. The van der Waals surface area contributed by atoms with Crippen molar-refractivity contribution in [2.45, 2.75) is 64.0 Å². The lowest BCUT2D eigenvalue weighted by Gasteiger charge is -2.32. The molecule has 1 amide bonds. The first-order chi connectivity index (χ1) is 11.7. The Bertz CT molecular complexity index is 736. The predicted molar refractivity (Wildman–Crippen MR) is 104 cm³/mol. The third-order valence-electron chi connectivity index (χ3n) is 3.95. The molecule has 25 heavy (non-hydrogen) atoms. The molecule has 0 saturated heterocycles. The van der Waals surface area contributed by atoms with Crippen molar-refractivity contribution in [3.63, 3.8) is 0 Å². The summed E-state index contributed by atoms with van der Waals surface area (Å²) in [7, 11) is 0. The quantitative estimate of drug-likeness (QED) is 0.699. The Labute approximate surface area is 158 Å². The van der Waals surface area contributed by atoms with Crippen LogP contribution in [-0.2, 0) is 4.79 Å². The topological polar surface area (TPSA) is 51.0 Å². The molecule has 0 aliphatic heterocycles. The van der Waals surface area contributed by atoms with Crippen LogP contribution in [0.25, 0.3) is 5.69 Å². The maximum absolute atomic E-state index is 12.8. The Morgan fingerprint density at radius 3 is 2.40 bits per heavy atom. The summed E-state index contributed by atoms with van der Waals surface area (Å²) in [4.78, 5) is 14.7. The van der Waals surface area contributed by atoms with Gasteiger partial charge in [-0.25, -0.2) is 0 Å². The van der Waals surface area contributed by atoms with Crippen LogP contribution in [0.1, 0.15) is 40.2 Å². The fourth-order valence-corrected chi connectivity index (χ4v) is 3.81. The van der Waals surface area contributed by atoms with Gasteiger partial charge in [0.1, 0.15) is 6.33 Å². The van der Waals surface area contributed by atoms with Crippen LogP contribution in [-0.4, -0.2) is 42.9 Å². The van der Waals surface area contributed by atoms with Gasteiger partial charge in [0.05, 0.1) is 10.9 Å². The minimum atomic E-state index is -0.256. The summed E-state index contributed by atoms with van der Waals surface area (Å²) in [5.41, 5.74) is 1.90. The zero-order valence-electron chi connectivity index (χ0n) is 15.5. The van der Waals surface area contributed by atoms with Gasteiger partial charge in [-0.3, -0.25) is 9.36 Å². The molecule has 2 aromatic rings. The Balaban J connectivity index is 2.22. The maximum Gasteiger partial charge on any atom is 0.236 e. The van der Waals surface area contributed by atoms with E-state index >= 15 is 0 Å². The summed E-state index contributed by atoms with van der Waals surface area (Å²) in [5.74, 6) is 0.103. The first-order valence-corrected chi connectivity index (χ1v) is 9.63. The van der Waals surface area contributed by atoms with Gasteiger partial charge in [-0.2, -0.15) is 0 Å². The van der Waals surface area contributed by atoms with E-state index < -0.39 is 0 Å². The predicted octanol–water partition coefficient (Wildman–Crippen LogP) is 4.36. The van der Waals surface area contributed by atoms with Crippen LogP contribution in [0.15, 0.2) is 29.7 Å². The van der Waals surface area contributed by atoms with E-state index in [1.54, 1.807) is 6.33 Å². The van der Waals surface area contributed by atoms with Gasteiger partial charge in [0.15, 0.2) is 5.16 Å². The molecule has 0 saturated carbocycles. The van der Waals surface area contributed by atoms with Crippen molar-refractivity contribution in [1.29, 1.82) is 0 Å². The van der Waals surface area contributed by atoms with Crippen molar-refractivity contribution in [1.82, 2.24) is 19.7 Å². The number of aryl methyl sites for hydroxylation is 1. The number of benzene rings is 1. The zero-order valence-corrected chi connectivity index (χ0v) is 17.1. The maximum atomic E-state index is 12.8. The average Bonchev–Trinajstić information content (AvgIpc) is 2.97. The van der Waals surface area contributed by atoms with Crippen LogP contribution in [0.4, 0.5) is 0 Å². The molecule has 0 fully saturated rings. The Morgan fingerprint density at radius 2 is 1.84 bits per heavy atom. The largest absolute Gasteiger partial charge is 0.337 e. The smallest absolute Gasteiger partial charge is 0.236 e. The van der Waals surface area contributed by atoms with Crippen molar-refractivity contribution in [3.05, 3.63) is 35.1 Å². The van der Waals surface area contributed by atoms with Crippen LogP contribution in [0.5, 0.6) is 0 Å². The van der Waals surface area contributed by atoms with Crippen molar-refractivity contribution in [3.8, 4) is 5.69 Å². The van der Waals surface area contributed by atoms with Gasteiger partial charge in [0.2, 0.25) is 5.91 Å². The van der Waals surface area contributed by atoms with E-state index in [1.165, 1.54) is 11.8 Å². The molecule has 7 heteroatoms. The molecule has 1 heterocycles. The molecular formula is C18H25ClN4OS. The van der Waals surface area contributed by atoms with E-state index in [9.17, 15) is 4.79 Å². The normalized spacial score (nSPS) is 12.7. The van der Waals surface area contributed by atoms with E-state index in [4.69, 9.17) is 11.6 Å². The third-order valence-corrected chi connectivity index (χ3v) is 5.40. The highest BCUT2D eigenvalue weighted by atomic mass is 35.5. The summed E-state index contributed by atoms with van der Waals surface area (Å²) in [6.07, 6.45) is 1.64. The molecule has 1 aromatic carbocycles. The number of hydrogen-bond donors (Lipinski definition) is 0. The van der Waals surface area contributed by atoms with Crippen LogP contribution in [0.3, 0.4) is 0 Å². The number of carbonyl (C=O) groups excluding carboxylic acids is 1. The molecule has 0 radical (unpaired) electrons. The average molecular weight is 381 g/mol. The second kappa shape index (κ2) is 8.23. The first-order valence-electron chi connectivity index (χ1n) is 8.37. The third kappa shape index (κ3) is 4.55. The van der Waals surface area contributed by atoms with Gasteiger partial charge in [0, 0.05) is 17.1 Å². The molecule has 0 N–H and O–H groups in total. The molecule has 1 aromatic heterocycles. The van der Waals surface area contributed by atoms with Gasteiger partial charge in [-0.15, -0.1) is 10.2 Å². The molecular weight excluding hydrogens is 356 g/mol. The van der Waals surface area contributed by atoms with E-state index in [0.29, 0.717) is 10.2 Å². The van der Waals surface area contributed by atoms with Gasteiger partial charge in [-0.05, 0) is 59.2 Å². The number of thioether (sulfide) groups is 1. The van der Waals surface area contributed by atoms with Crippen molar-refractivity contribution in [2.75, 3.05) is 0 Å². The molecule has 0 aliphatic rings. The lowest BCUT2D eigenvalue weighted by Crippen LogP contribution is -2.45. The highest BCUT2D eigenvalue weighted by Gasteiger charge is 2.27. The molecule has 0 unspecified atom stereocenters. The summed E-state index contributed by atoms with van der Waals surface area (Å²) in [6, 6.07) is 6.12. The Kier molecular flexibility index (Phi) is 6.52. The monoisotopic (exact) mass is 380 g/mol. The highest BCUT2D eigenvalue weighted by Crippen LogP contribution is 2.27. The lowest BCUT2D eigenvalue weighted by molar-refractivity contribution is -0.133. The minimum absolute atomic E-state index is 0.103. The molecule has 0 aliphatic carbocycles. The summed E-state index contributed by atoms with van der Waals surface area (Å²) in [5, 5.41) is 9.29. The fourth-order valence-electron chi connectivity index (χ4n) is 2.74. The van der Waals surface area contributed by atoms with Crippen LogP contribution in [0.2, 0.25) is 5.02 Å². The molecule has 0 bridgehead atoms. The Hall–Kier alpha value is -1.53. The summed E-state index contributed by atoms with van der Waals surface area (Å²) < 4.78 is 1.86. The van der Waals surface area contributed by atoms with E-state index in [-0.39, 0.29) is 23.2 Å². The van der Waals surface area contributed by atoms with E-state index in [2.05, 4.69) is 10.2 Å². The summed E-state index contributed by atoms with van der Waals surface area (Å²) in [6.45, 7) is 12.0. The number of amides is 1. The minimum Gasteiger partial charge on any atom is -0.337 e. The van der Waals surface area contributed by atoms with Crippen LogP contribution in [0, 0.1) is 6.92 Å². The van der Waals surface area contributed by atoms with Crippen molar-refractivity contribution < 1.29 is 4.79 Å². The zero-order chi connectivity index (χ0) is 18.7. The van der Waals surface area contributed by atoms with E-state index in [0.717, 1.165) is 11.3 Å². The van der Waals surface area contributed by atoms with Crippen molar-refractivity contribution in [2.24, 2.45) is 0 Å². The number of carbonyl (C=O) groups is 1. The molecule has 0 spiro atoms. The molecule has 136 valence electrons. The molecule has 5 nitrogen and oxygen atoms in total. The summed E-state index contributed by atoms with van der Waals surface area (Å²) >= 11 is 7.64. The SMILES string of the molecule is Cc1ccc(-n2cnnc2S[C@@H](C)C(=O)N(C(C)C)C(C)C)cc1Cl. The highest BCUT2D eigenvalue weighted by molar-refractivity contribution is 8.00. The number of aromatic nitrogens is 3. The van der Waals surface area contributed by atoms with Crippen LogP contribution < -0.4 is 0 Å². The number of nitrogens with zero attached hydrogens (tertiary/aromatic N) is 4. The number of halogens is 1. The second-order valence-corrected chi connectivity index (χ2v) is 8.33. The molecule has 2 rings (SSSR count). The van der Waals surface area contributed by atoms with E-state index in [1.807, 2.05) is 69.2 Å². The van der Waals surface area contributed by atoms with Gasteiger partial charge in [-0.1, -0.05) is 29.4 Å². The first kappa shape index (κ1) is 19.8. The lowest BCUT2D eigenvalue weighted by atomic mass is 10.2.